The van der Waals surface area contributed by atoms with E-state index in [-0.39, 0.29) is 30.3 Å². The van der Waals surface area contributed by atoms with E-state index in [0.717, 1.165) is 19.3 Å². The van der Waals surface area contributed by atoms with E-state index in [0.29, 0.717) is 11.8 Å². The zero-order valence-corrected chi connectivity index (χ0v) is 20.3. The fraction of sp³-hybridized carbons (Fsp3) is 0.783. The van der Waals surface area contributed by atoms with E-state index in [1.807, 2.05) is 0 Å². The maximum absolute atomic E-state index is 13.2. The Morgan fingerprint density at radius 1 is 1.06 bits per heavy atom. The van der Waals surface area contributed by atoms with Gasteiger partial charge in [-0.05, 0) is 57.3 Å². The van der Waals surface area contributed by atoms with Crippen LogP contribution in [-0.4, -0.2) is 42.2 Å². The third-order valence-electron chi connectivity index (χ3n) is 6.24. The molecule has 6 atom stereocenters. The molecule has 0 heterocycles. The third kappa shape index (κ3) is 7.60. The average molecular weight is 454 g/mol. The number of hydrogen-bond acceptors (Lipinski definition) is 7. The van der Waals surface area contributed by atoms with E-state index in [9.17, 15) is 19.2 Å². The first-order valence-electron chi connectivity index (χ1n) is 11.4. The third-order valence-corrected chi connectivity index (χ3v) is 6.24. The number of primary amides is 1. The van der Waals surface area contributed by atoms with Gasteiger partial charge in [0.25, 0.3) is 0 Å². The van der Waals surface area contributed by atoms with Crippen molar-refractivity contribution in [1.82, 2.24) is 5.43 Å². The highest BCUT2D eigenvalue weighted by atomic mass is 16.5. The first-order valence-corrected chi connectivity index (χ1v) is 11.4. The van der Waals surface area contributed by atoms with Crippen LogP contribution in [0.25, 0.3) is 0 Å². The number of ether oxygens (including phenoxy) is 2. The van der Waals surface area contributed by atoms with Crippen LogP contribution in [0.4, 0.5) is 4.79 Å². The summed E-state index contributed by atoms with van der Waals surface area (Å²) in [6.07, 6.45) is 2.52. The number of Topliss-reactive ketones (excluding diaryl/α,β-unsaturated/α-hetero) is 2. The van der Waals surface area contributed by atoms with Gasteiger partial charge >= 0.3 is 12.0 Å². The molecule has 0 bridgehead atoms. The van der Waals surface area contributed by atoms with Gasteiger partial charge in [0, 0.05) is 0 Å². The van der Waals surface area contributed by atoms with Gasteiger partial charge in [0.2, 0.25) is 5.90 Å². The van der Waals surface area contributed by atoms with E-state index < -0.39 is 35.5 Å². The summed E-state index contributed by atoms with van der Waals surface area (Å²) in [4.78, 5) is 49.3. The van der Waals surface area contributed by atoms with Gasteiger partial charge in [-0.25, -0.2) is 10.2 Å². The minimum absolute atomic E-state index is 0.100. The first kappa shape index (κ1) is 27.6. The number of nitrogens with zero attached hydrogens (tertiary/aromatic N) is 1. The number of nitrogens with one attached hydrogen (secondary N) is 1. The summed E-state index contributed by atoms with van der Waals surface area (Å²) in [5, 5.41) is 3.80. The quantitative estimate of drug-likeness (QED) is 0.171. The van der Waals surface area contributed by atoms with Crippen LogP contribution in [0, 0.1) is 35.5 Å². The Balaban J connectivity index is 3.21. The van der Waals surface area contributed by atoms with Crippen molar-refractivity contribution in [2.75, 3.05) is 6.61 Å². The molecule has 1 aliphatic carbocycles. The summed E-state index contributed by atoms with van der Waals surface area (Å²) in [6.45, 7) is 12.4. The zero-order chi connectivity index (χ0) is 24.6. The normalized spacial score (nSPS) is 24.2. The maximum Gasteiger partial charge on any atom is 0.332 e. The number of ketones is 2. The zero-order valence-electron chi connectivity index (χ0n) is 20.3. The van der Waals surface area contributed by atoms with E-state index in [4.69, 9.17) is 15.2 Å². The van der Waals surface area contributed by atoms with Crippen LogP contribution in [0.3, 0.4) is 0 Å². The minimum atomic E-state index is -1.17. The molecule has 0 aromatic heterocycles. The van der Waals surface area contributed by atoms with Crippen molar-refractivity contribution >= 4 is 29.5 Å². The first-order chi connectivity index (χ1) is 14.9. The molecule has 9 heteroatoms. The molecular formula is C23H39N3O6. The van der Waals surface area contributed by atoms with E-state index >= 15 is 0 Å². The van der Waals surface area contributed by atoms with Gasteiger partial charge in [-0.1, -0.05) is 34.1 Å². The van der Waals surface area contributed by atoms with Crippen LogP contribution in [0.5, 0.6) is 0 Å². The number of esters is 1. The summed E-state index contributed by atoms with van der Waals surface area (Å²) in [5.74, 6) is -3.51. The number of carbonyl (C=O) groups is 4. The predicted molar refractivity (Wildman–Crippen MR) is 121 cm³/mol. The van der Waals surface area contributed by atoms with Crippen LogP contribution < -0.4 is 11.2 Å². The van der Waals surface area contributed by atoms with E-state index in [1.54, 1.807) is 13.8 Å². The van der Waals surface area contributed by atoms with Gasteiger partial charge < -0.3 is 15.2 Å². The van der Waals surface area contributed by atoms with Gasteiger partial charge in [0.05, 0.1) is 12.5 Å². The molecule has 1 aliphatic rings. The minimum Gasteiger partial charge on any atom is -0.479 e. The second kappa shape index (κ2) is 12.6. The van der Waals surface area contributed by atoms with Gasteiger partial charge in [-0.15, -0.1) is 5.10 Å². The second-order valence-electron chi connectivity index (χ2n) is 9.20. The highest BCUT2D eigenvalue weighted by Gasteiger charge is 2.43. The Kier molecular flexibility index (Phi) is 10.8. The molecule has 3 N–H and O–H groups in total. The Bertz CT molecular complexity index is 721. The number of carbonyl (C=O) groups excluding carboxylic acids is 4. The summed E-state index contributed by atoms with van der Waals surface area (Å²) < 4.78 is 11.4. The van der Waals surface area contributed by atoms with E-state index in [2.05, 4.69) is 31.3 Å². The molecule has 0 saturated heterocycles. The molecule has 9 nitrogen and oxygen atoms in total. The van der Waals surface area contributed by atoms with Gasteiger partial charge in [-0.3, -0.25) is 14.4 Å². The fourth-order valence-electron chi connectivity index (χ4n) is 4.63. The lowest BCUT2D eigenvalue weighted by Gasteiger charge is -2.38. The van der Waals surface area contributed by atoms with Crippen LogP contribution in [-0.2, 0) is 23.9 Å². The number of nitrogens with two attached hydrogens (primary N) is 1. The molecule has 0 radical (unpaired) electrons. The maximum atomic E-state index is 13.2. The lowest BCUT2D eigenvalue weighted by Crippen LogP contribution is -2.44. The highest BCUT2D eigenvalue weighted by molar-refractivity contribution is 6.04. The summed E-state index contributed by atoms with van der Waals surface area (Å²) >= 11 is 0. The molecule has 1 rings (SSSR count). The fourth-order valence-corrected chi connectivity index (χ4v) is 4.63. The highest BCUT2D eigenvalue weighted by Crippen LogP contribution is 2.36. The van der Waals surface area contributed by atoms with Crippen molar-refractivity contribution in [1.29, 1.82) is 0 Å². The number of amides is 2. The molecule has 0 aromatic rings. The second-order valence-corrected chi connectivity index (χ2v) is 9.20. The number of hydrogen-bond donors (Lipinski definition) is 2. The molecule has 2 amide bonds. The molecular weight excluding hydrogens is 414 g/mol. The lowest BCUT2D eigenvalue weighted by atomic mass is 9.75. The summed E-state index contributed by atoms with van der Waals surface area (Å²) in [6, 6.07) is -0.925. The SMILES string of the molecule is CCO/C(=N/NC(N)=O)[C@H](C(C)=O)[C@H](C)[C@@H](C(C)=O)C(=O)O[C@@H]1C[C@H](C)CC[C@@H]1C(C)C. The molecule has 1 saturated carbocycles. The van der Waals surface area contributed by atoms with Gasteiger partial charge in [0.1, 0.15) is 23.6 Å². The topological polar surface area (TPSA) is 137 Å². The van der Waals surface area contributed by atoms with Crippen molar-refractivity contribution in [3.8, 4) is 0 Å². The van der Waals surface area contributed by atoms with Crippen LogP contribution >= 0.6 is 0 Å². The van der Waals surface area contributed by atoms with Crippen molar-refractivity contribution in [3.63, 3.8) is 0 Å². The summed E-state index contributed by atoms with van der Waals surface area (Å²) in [5.41, 5.74) is 7.13. The van der Waals surface area contributed by atoms with E-state index in [1.165, 1.54) is 13.8 Å². The summed E-state index contributed by atoms with van der Waals surface area (Å²) in [7, 11) is 0. The van der Waals surface area contributed by atoms with Gasteiger partial charge in [0.15, 0.2) is 0 Å². The molecule has 0 aliphatic heterocycles. The monoisotopic (exact) mass is 453 g/mol. The average Bonchev–Trinajstić information content (AvgIpc) is 2.65. The Labute approximate surface area is 190 Å². The predicted octanol–water partition coefficient (Wildman–Crippen LogP) is 3.06. The Morgan fingerprint density at radius 3 is 2.12 bits per heavy atom. The standard InChI is InChI=1S/C23H39N3O6/c1-8-31-21(25-26-23(24)30)19(15(6)27)14(5)20(16(7)28)22(29)32-18-11-13(4)9-10-17(18)12(2)3/h12-14,17-20H,8-11H2,1-7H3,(H3,24,26,30)/b25-21+/t13-,14+,17-,18-,19+,20+/m1/s1. The van der Waals surface area contributed by atoms with Crippen molar-refractivity contribution in [2.45, 2.75) is 73.8 Å². The molecule has 0 unspecified atom stereocenters. The van der Waals surface area contributed by atoms with Crippen LogP contribution in [0.1, 0.15) is 67.7 Å². The number of urea groups is 1. The smallest absolute Gasteiger partial charge is 0.332 e. The van der Waals surface area contributed by atoms with Crippen LogP contribution in [0.15, 0.2) is 5.10 Å². The molecule has 0 aromatic carbocycles. The Morgan fingerprint density at radius 2 is 1.66 bits per heavy atom. The molecule has 32 heavy (non-hydrogen) atoms. The van der Waals surface area contributed by atoms with Gasteiger partial charge in [-0.2, -0.15) is 0 Å². The van der Waals surface area contributed by atoms with Crippen LogP contribution in [0.2, 0.25) is 0 Å². The molecule has 0 spiro atoms. The molecule has 182 valence electrons. The Hall–Kier alpha value is -2.45. The largest absolute Gasteiger partial charge is 0.479 e. The van der Waals surface area contributed by atoms with Crippen molar-refractivity contribution in [2.24, 2.45) is 46.3 Å². The number of hydrazone groups is 1. The van der Waals surface area contributed by atoms with Crippen molar-refractivity contribution in [3.05, 3.63) is 0 Å². The number of rotatable bonds is 10. The lowest BCUT2D eigenvalue weighted by molar-refractivity contribution is -0.165. The van der Waals surface area contributed by atoms with Crippen molar-refractivity contribution < 1.29 is 28.7 Å². The molecule has 1 fully saturated rings.